The lowest BCUT2D eigenvalue weighted by Crippen LogP contribution is -1.80. The zero-order chi connectivity index (χ0) is 11.5. The van der Waals surface area contributed by atoms with Crippen LogP contribution in [0.15, 0.2) is 29.5 Å². The second kappa shape index (κ2) is 8.40. The maximum atomic E-state index is 9.08. The lowest BCUT2D eigenvalue weighted by Gasteiger charge is -1.97. The van der Waals surface area contributed by atoms with Crippen molar-refractivity contribution in [1.29, 1.82) is 0 Å². The molecule has 1 aromatic carbocycles. The minimum atomic E-state index is 0.0414. The molecule has 1 rings (SSSR count). The number of aryl methyl sites for hydroxylation is 1. The predicted octanol–water partition coefficient (Wildman–Crippen LogP) is 2.39. The van der Waals surface area contributed by atoms with Crippen molar-refractivity contribution in [3.05, 3.63) is 40.3 Å². The van der Waals surface area contributed by atoms with Crippen LogP contribution >= 0.6 is 0 Å². The van der Waals surface area contributed by atoms with E-state index in [0.717, 1.165) is 5.75 Å². The van der Waals surface area contributed by atoms with Crippen LogP contribution in [0.1, 0.15) is 5.56 Å². The summed E-state index contributed by atoms with van der Waals surface area (Å²) in [5, 5.41) is 2.40. The minimum Gasteiger partial charge on any atom is -0.497 e. The molecule has 0 unspecified atom stereocenters. The Morgan fingerprint density at radius 1 is 1.40 bits per heavy atom. The van der Waals surface area contributed by atoms with Gasteiger partial charge in [0.15, 0.2) is 0 Å². The molecule has 0 N–H and O–H groups in total. The summed E-state index contributed by atoms with van der Waals surface area (Å²) < 4.78 is 4.97. The van der Waals surface area contributed by atoms with Crippen LogP contribution in [-0.4, -0.2) is 13.6 Å². The summed E-state index contributed by atoms with van der Waals surface area (Å²) >= 11 is 0. The number of methoxy groups -OCH3 is 1. The zero-order valence-electron chi connectivity index (χ0n) is 8.45. The van der Waals surface area contributed by atoms with E-state index in [1.807, 2.05) is 24.3 Å². The number of hydrogen-bond donors (Lipinski definition) is 0. The monoisotopic (exact) mass is 209 g/mol. The van der Waals surface area contributed by atoms with Gasteiger partial charge in [0, 0.05) is 4.91 Å². The molecule has 80 valence electrons. The van der Waals surface area contributed by atoms with Gasteiger partial charge in [-0.05, 0) is 24.6 Å². The Kier molecular flexibility index (Phi) is 7.17. The highest BCUT2D eigenvalue weighted by molar-refractivity contribution is 5.36. The molecule has 0 saturated carbocycles. The fraction of sp³-hybridized carbons (Fsp3) is 0.222. The summed E-state index contributed by atoms with van der Waals surface area (Å²) in [6, 6.07) is 7.96. The maximum Gasteiger partial charge on any atom is 0.305 e. The van der Waals surface area contributed by atoms with Crippen molar-refractivity contribution in [2.75, 3.05) is 7.11 Å². The summed E-state index contributed by atoms with van der Waals surface area (Å²) in [6.07, 6.45) is 0. The summed E-state index contributed by atoms with van der Waals surface area (Å²) in [5.41, 5.74) is 8.63. The summed E-state index contributed by atoms with van der Waals surface area (Å²) in [5.74, 6) is 0.917. The topological polar surface area (TPSA) is 84.3 Å². The van der Waals surface area contributed by atoms with Gasteiger partial charge >= 0.3 is 6.47 Å². The highest BCUT2D eigenvalue weighted by Gasteiger charge is 1.85. The van der Waals surface area contributed by atoms with Crippen molar-refractivity contribution in [1.82, 2.24) is 0 Å². The molecule has 0 bridgehead atoms. The molecule has 0 aromatic heterocycles. The molecule has 0 aliphatic carbocycles. The number of ether oxygens (including phenoxy) is 1. The number of carbonyl (C=O) groups is 1. The third-order valence-corrected chi connectivity index (χ3v) is 1.38. The smallest absolute Gasteiger partial charge is 0.305 e. The molecule has 0 aliphatic heterocycles. The first-order chi connectivity index (χ1) is 7.24. The van der Waals surface area contributed by atoms with Crippen LogP contribution in [0.25, 0.3) is 10.4 Å². The van der Waals surface area contributed by atoms with Gasteiger partial charge in [-0.2, -0.15) is 0 Å². The van der Waals surface area contributed by atoms with E-state index in [2.05, 4.69) is 22.0 Å². The van der Waals surface area contributed by atoms with Gasteiger partial charge in [0.25, 0.3) is 0 Å². The summed E-state index contributed by atoms with van der Waals surface area (Å²) in [4.78, 5) is 14.7. The average molecular weight is 209 g/mol. The van der Waals surface area contributed by atoms with Crippen molar-refractivity contribution in [2.24, 2.45) is 5.28 Å². The average Bonchev–Trinajstić information content (AvgIpc) is 2.28. The van der Waals surface area contributed by atoms with Crippen molar-refractivity contribution >= 4 is 6.47 Å². The van der Waals surface area contributed by atoms with Crippen LogP contribution in [0.2, 0.25) is 0 Å². The van der Waals surface area contributed by atoms with Crippen molar-refractivity contribution in [2.45, 2.75) is 6.92 Å². The van der Waals surface area contributed by atoms with Gasteiger partial charge in [-0.25, -0.2) is 0 Å². The number of nitrogens with zero attached hydrogens (tertiary/aromatic N) is 3. The van der Waals surface area contributed by atoms with Crippen molar-refractivity contribution in [3.8, 4) is 5.75 Å². The van der Waals surface area contributed by atoms with Crippen molar-refractivity contribution < 1.29 is 14.4 Å². The van der Waals surface area contributed by atoms with E-state index < -0.39 is 0 Å². The SMILES string of the molecule is COc1ccc(C)cc1.[N-]=[N+]=NOC=O. The molecule has 0 heterocycles. The van der Waals surface area contributed by atoms with E-state index in [4.69, 9.17) is 15.1 Å². The third-order valence-electron chi connectivity index (χ3n) is 1.38. The standard InChI is InChI=1S/C8H10O.CHN3O2/c1-7-3-5-8(9-2)6-4-7;2-3-4-6-1-5/h3-6H,1-2H3;1H. The van der Waals surface area contributed by atoms with E-state index in [1.165, 1.54) is 5.56 Å². The maximum absolute atomic E-state index is 9.08. The molecule has 0 radical (unpaired) electrons. The summed E-state index contributed by atoms with van der Waals surface area (Å²) in [7, 11) is 1.67. The number of rotatable bonds is 3. The van der Waals surface area contributed by atoms with Crippen LogP contribution in [0.4, 0.5) is 0 Å². The van der Waals surface area contributed by atoms with Gasteiger partial charge in [0.2, 0.25) is 0 Å². The lowest BCUT2D eigenvalue weighted by atomic mass is 10.2. The van der Waals surface area contributed by atoms with Gasteiger partial charge in [0.05, 0.1) is 7.11 Å². The van der Waals surface area contributed by atoms with Crippen LogP contribution in [-0.2, 0) is 9.63 Å². The molecule has 0 fully saturated rings. The Morgan fingerprint density at radius 2 is 2.00 bits per heavy atom. The number of benzene rings is 1. The minimum absolute atomic E-state index is 0.0414. The van der Waals surface area contributed by atoms with E-state index in [9.17, 15) is 0 Å². The molecule has 0 aliphatic rings. The quantitative estimate of drug-likeness (QED) is 0.252. The van der Waals surface area contributed by atoms with Crippen LogP contribution in [0, 0.1) is 6.92 Å². The Labute approximate surface area is 87.0 Å². The molecule has 0 spiro atoms. The first-order valence-corrected chi connectivity index (χ1v) is 3.99. The first-order valence-electron chi connectivity index (χ1n) is 3.99. The number of azide groups is 1. The molecular formula is C9H11N3O3. The van der Waals surface area contributed by atoms with Crippen LogP contribution in [0.5, 0.6) is 5.75 Å². The third kappa shape index (κ3) is 6.92. The second-order valence-electron chi connectivity index (χ2n) is 2.39. The van der Waals surface area contributed by atoms with Crippen molar-refractivity contribution in [3.63, 3.8) is 0 Å². The van der Waals surface area contributed by atoms with Gasteiger partial charge in [-0.1, -0.05) is 17.7 Å². The lowest BCUT2D eigenvalue weighted by molar-refractivity contribution is -0.128. The molecule has 15 heavy (non-hydrogen) atoms. The van der Waals surface area contributed by atoms with Gasteiger partial charge in [-0.3, -0.25) is 4.79 Å². The Morgan fingerprint density at radius 3 is 2.33 bits per heavy atom. The van der Waals surface area contributed by atoms with Crippen LogP contribution in [0.3, 0.4) is 0 Å². The Balaban J connectivity index is 0.000000288. The molecule has 0 atom stereocenters. The van der Waals surface area contributed by atoms with Gasteiger partial charge in [-0.15, -0.1) is 0 Å². The Hall–Kier alpha value is -2.20. The highest BCUT2D eigenvalue weighted by Crippen LogP contribution is 2.09. The molecular weight excluding hydrogens is 198 g/mol. The molecule has 6 nitrogen and oxygen atoms in total. The number of carbonyl (C=O) groups excluding carboxylic acids is 1. The van der Waals surface area contributed by atoms with E-state index in [1.54, 1.807) is 7.11 Å². The number of hydrogen-bond acceptors (Lipinski definition) is 4. The highest BCUT2D eigenvalue weighted by atomic mass is 16.7. The largest absolute Gasteiger partial charge is 0.497 e. The fourth-order valence-corrected chi connectivity index (χ4v) is 0.715. The Bertz CT molecular complexity index is 331. The predicted molar refractivity (Wildman–Crippen MR) is 54.0 cm³/mol. The van der Waals surface area contributed by atoms with E-state index in [-0.39, 0.29) is 6.47 Å². The molecule has 6 heteroatoms. The molecule has 0 amide bonds. The molecule has 1 aromatic rings. The normalized spacial score (nSPS) is 7.60. The fourth-order valence-electron chi connectivity index (χ4n) is 0.715. The molecule has 0 saturated heterocycles. The zero-order valence-corrected chi connectivity index (χ0v) is 8.45. The van der Waals surface area contributed by atoms with Gasteiger partial charge in [0.1, 0.15) is 11.0 Å². The second-order valence-corrected chi connectivity index (χ2v) is 2.39. The first kappa shape index (κ1) is 12.8. The summed E-state index contributed by atoms with van der Waals surface area (Å²) in [6.45, 7) is 2.10. The van der Waals surface area contributed by atoms with E-state index in [0.29, 0.717) is 0 Å². The van der Waals surface area contributed by atoms with Crippen LogP contribution < -0.4 is 4.74 Å². The van der Waals surface area contributed by atoms with E-state index >= 15 is 0 Å². The van der Waals surface area contributed by atoms with Gasteiger partial charge < -0.3 is 9.57 Å².